The highest BCUT2D eigenvalue weighted by molar-refractivity contribution is 5.83. The van der Waals surface area contributed by atoms with Crippen LogP contribution in [0.25, 0.3) is 0 Å². The number of hydrogen-bond acceptors (Lipinski definition) is 3. The summed E-state index contributed by atoms with van der Waals surface area (Å²) >= 11 is 0. The van der Waals surface area contributed by atoms with Gasteiger partial charge in [-0.1, -0.05) is 6.42 Å². The van der Waals surface area contributed by atoms with Gasteiger partial charge in [0.05, 0.1) is 12.1 Å². The number of carbonyl (C=O) groups is 2. The van der Waals surface area contributed by atoms with Crippen molar-refractivity contribution in [3.05, 3.63) is 0 Å². The van der Waals surface area contributed by atoms with Gasteiger partial charge < -0.3 is 20.4 Å². The third-order valence-electron chi connectivity index (χ3n) is 4.15. The Labute approximate surface area is 107 Å². The highest BCUT2D eigenvalue weighted by atomic mass is 16.2. The monoisotopic (exact) mass is 252 g/mol. The normalized spacial score (nSPS) is 32.1. The van der Waals surface area contributed by atoms with E-state index in [-0.39, 0.29) is 24.0 Å². The summed E-state index contributed by atoms with van der Waals surface area (Å²) < 4.78 is 0. The van der Waals surface area contributed by atoms with Gasteiger partial charge in [-0.3, -0.25) is 4.79 Å². The van der Waals surface area contributed by atoms with Crippen LogP contribution in [0.3, 0.4) is 0 Å². The number of piperidine rings is 1. The number of rotatable bonds is 1. The van der Waals surface area contributed by atoms with Gasteiger partial charge in [0, 0.05) is 26.2 Å². The predicted molar refractivity (Wildman–Crippen MR) is 66.1 cm³/mol. The molecule has 3 heterocycles. The first-order valence-corrected chi connectivity index (χ1v) is 6.82. The van der Waals surface area contributed by atoms with E-state index in [1.54, 1.807) is 0 Å². The number of hydrogen-bond donors (Lipinski definition) is 2. The fraction of sp³-hybridized carbons (Fsp3) is 0.833. The zero-order valence-electron chi connectivity index (χ0n) is 10.5. The maximum Gasteiger partial charge on any atom is 0.317 e. The number of nitrogens with one attached hydrogen (secondary N) is 2. The minimum absolute atomic E-state index is 0.00429. The minimum atomic E-state index is -0.00429. The third kappa shape index (κ3) is 2.05. The van der Waals surface area contributed by atoms with Gasteiger partial charge >= 0.3 is 6.03 Å². The molecule has 3 rings (SSSR count). The maximum absolute atomic E-state index is 12.4. The van der Waals surface area contributed by atoms with Crippen LogP contribution in [-0.4, -0.2) is 66.5 Å². The molecule has 3 saturated heterocycles. The lowest BCUT2D eigenvalue weighted by Gasteiger charge is -2.38. The quantitative estimate of drug-likeness (QED) is 0.653. The molecule has 0 aromatic heterocycles. The molecule has 0 spiro atoms. The summed E-state index contributed by atoms with van der Waals surface area (Å²) in [6, 6.07) is 0.178. The molecule has 2 N–H and O–H groups in total. The van der Waals surface area contributed by atoms with E-state index < -0.39 is 0 Å². The van der Waals surface area contributed by atoms with Crippen LogP contribution >= 0.6 is 0 Å². The summed E-state index contributed by atoms with van der Waals surface area (Å²) in [5.74, 6) is 0.216. The molecule has 0 saturated carbocycles. The van der Waals surface area contributed by atoms with E-state index >= 15 is 0 Å². The van der Waals surface area contributed by atoms with Gasteiger partial charge in [-0.25, -0.2) is 4.79 Å². The van der Waals surface area contributed by atoms with Crippen molar-refractivity contribution in [3.8, 4) is 0 Å². The topological polar surface area (TPSA) is 64.7 Å². The van der Waals surface area contributed by atoms with E-state index in [0.29, 0.717) is 26.2 Å². The standard InChI is InChI=1S/C12H20N4O2/c17-11(10-3-1-2-4-13-10)15-5-6-16-9(8-15)7-14-12(16)18/h9-10,13H,1-8H2,(H,14,18). The number of fused-ring (bicyclic) bond motifs is 1. The largest absolute Gasteiger partial charge is 0.337 e. The van der Waals surface area contributed by atoms with Crippen molar-refractivity contribution in [2.24, 2.45) is 0 Å². The molecule has 0 aliphatic carbocycles. The summed E-state index contributed by atoms with van der Waals surface area (Å²) in [6.45, 7) is 3.62. The molecule has 0 bridgehead atoms. The van der Waals surface area contributed by atoms with Gasteiger partial charge in [-0.05, 0) is 19.4 Å². The highest BCUT2D eigenvalue weighted by Gasteiger charge is 2.38. The Kier molecular flexibility index (Phi) is 3.11. The Morgan fingerprint density at radius 2 is 2.17 bits per heavy atom. The summed E-state index contributed by atoms with van der Waals surface area (Å²) in [5, 5.41) is 6.13. The van der Waals surface area contributed by atoms with E-state index in [1.165, 1.54) is 6.42 Å². The Hall–Kier alpha value is -1.30. The summed E-state index contributed by atoms with van der Waals surface area (Å²) in [6.07, 6.45) is 3.24. The van der Waals surface area contributed by atoms with Gasteiger partial charge in [-0.15, -0.1) is 0 Å². The molecule has 100 valence electrons. The number of urea groups is 1. The van der Waals surface area contributed by atoms with E-state index in [4.69, 9.17) is 0 Å². The predicted octanol–water partition coefficient (Wildman–Crippen LogP) is -0.635. The van der Waals surface area contributed by atoms with Crippen LogP contribution < -0.4 is 10.6 Å². The molecule has 0 radical (unpaired) electrons. The van der Waals surface area contributed by atoms with Crippen LogP contribution in [0.2, 0.25) is 0 Å². The first-order valence-electron chi connectivity index (χ1n) is 6.82. The Balaban J connectivity index is 1.60. The van der Waals surface area contributed by atoms with Crippen LogP contribution in [0.15, 0.2) is 0 Å². The van der Waals surface area contributed by atoms with Crippen molar-refractivity contribution in [2.45, 2.75) is 31.3 Å². The number of nitrogens with zero attached hydrogens (tertiary/aromatic N) is 2. The van der Waals surface area contributed by atoms with Crippen LogP contribution in [-0.2, 0) is 4.79 Å². The van der Waals surface area contributed by atoms with Crippen molar-refractivity contribution >= 4 is 11.9 Å². The molecule has 3 amide bonds. The second kappa shape index (κ2) is 4.76. The van der Waals surface area contributed by atoms with Gasteiger partial charge in [-0.2, -0.15) is 0 Å². The van der Waals surface area contributed by atoms with Crippen LogP contribution in [0, 0.1) is 0 Å². The van der Waals surface area contributed by atoms with Gasteiger partial charge in [0.15, 0.2) is 0 Å². The molecule has 6 nitrogen and oxygen atoms in total. The number of amides is 3. The Morgan fingerprint density at radius 3 is 2.94 bits per heavy atom. The van der Waals surface area contributed by atoms with E-state index in [2.05, 4.69) is 10.6 Å². The summed E-state index contributed by atoms with van der Waals surface area (Å²) in [5.41, 5.74) is 0. The Morgan fingerprint density at radius 1 is 1.28 bits per heavy atom. The average molecular weight is 252 g/mol. The molecular weight excluding hydrogens is 232 g/mol. The summed E-state index contributed by atoms with van der Waals surface area (Å²) in [7, 11) is 0. The average Bonchev–Trinajstić information content (AvgIpc) is 2.80. The fourth-order valence-corrected chi connectivity index (χ4v) is 3.09. The summed E-state index contributed by atoms with van der Waals surface area (Å²) in [4.78, 5) is 27.6. The van der Waals surface area contributed by atoms with E-state index in [9.17, 15) is 9.59 Å². The van der Waals surface area contributed by atoms with E-state index in [1.807, 2.05) is 9.80 Å². The second-order valence-corrected chi connectivity index (χ2v) is 5.32. The van der Waals surface area contributed by atoms with E-state index in [0.717, 1.165) is 19.4 Å². The zero-order chi connectivity index (χ0) is 12.5. The van der Waals surface area contributed by atoms with Crippen LogP contribution in [0.5, 0.6) is 0 Å². The molecule has 18 heavy (non-hydrogen) atoms. The molecular formula is C12H20N4O2. The third-order valence-corrected chi connectivity index (χ3v) is 4.15. The van der Waals surface area contributed by atoms with Gasteiger partial charge in [0.2, 0.25) is 5.91 Å². The first kappa shape index (κ1) is 11.8. The maximum atomic E-state index is 12.4. The smallest absolute Gasteiger partial charge is 0.317 e. The molecule has 3 fully saturated rings. The zero-order valence-corrected chi connectivity index (χ0v) is 10.5. The lowest BCUT2D eigenvalue weighted by Crippen LogP contribution is -2.58. The molecule has 0 aromatic rings. The number of carbonyl (C=O) groups excluding carboxylic acids is 2. The SMILES string of the molecule is O=C(C1CCCCN1)N1CCN2C(=O)NCC2C1. The second-order valence-electron chi connectivity index (χ2n) is 5.32. The minimum Gasteiger partial charge on any atom is -0.337 e. The molecule has 2 unspecified atom stereocenters. The molecule has 6 heteroatoms. The van der Waals surface area contributed by atoms with Gasteiger partial charge in [0.1, 0.15) is 0 Å². The highest BCUT2D eigenvalue weighted by Crippen LogP contribution is 2.17. The van der Waals surface area contributed by atoms with Crippen molar-refractivity contribution < 1.29 is 9.59 Å². The lowest BCUT2D eigenvalue weighted by atomic mass is 10.0. The van der Waals surface area contributed by atoms with Crippen LogP contribution in [0.1, 0.15) is 19.3 Å². The number of piperazine rings is 1. The molecule has 3 aliphatic heterocycles. The van der Waals surface area contributed by atoms with Crippen LogP contribution in [0.4, 0.5) is 4.79 Å². The molecule has 0 aromatic carbocycles. The fourth-order valence-electron chi connectivity index (χ4n) is 3.09. The van der Waals surface area contributed by atoms with Gasteiger partial charge in [0.25, 0.3) is 0 Å². The first-order chi connectivity index (χ1) is 8.75. The molecule has 3 aliphatic rings. The lowest BCUT2D eigenvalue weighted by molar-refractivity contribution is -0.136. The van der Waals surface area contributed by atoms with Crippen molar-refractivity contribution in [1.29, 1.82) is 0 Å². The van der Waals surface area contributed by atoms with Crippen molar-refractivity contribution in [1.82, 2.24) is 20.4 Å². The Bertz CT molecular complexity index is 354. The molecule has 2 atom stereocenters. The van der Waals surface area contributed by atoms with Crippen molar-refractivity contribution in [2.75, 3.05) is 32.7 Å². The van der Waals surface area contributed by atoms with Crippen molar-refractivity contribution in [3.63, 3.8) is 0 Å².